The first-order chi connectivity index (χ1) is 15.6. The van der Waals surface area contributed by atoms with Gasteiger partial charge in [0.25, 0.3) is 0 Å². The molecule has 10 nitrogen and oxygen atoms in total. The molecule has 1 saturated heterocycles. The molecule has 0 bridgehead atoms. The van der Waals surface area contributed by atoms with E-state index in [9.17, 15) is 9.59 Å². The van der Waals surface area contributed by atoms with Gasteiger partial charge in [0.15, 0.2) is 0 Å². The van der Waals surface area contributed by atoms with Crippen LogP contribution in [0, 0.1) is 0 Å². The van der Waals surface area contributed by atoms with Crippen LogP contribution < -0.4 is 27.4 Å². The second-order valence-electron chi connectivity index (χ2n) is 7.29. The second kappa shape index (κ2) is 15.2. The molecule has 7 N–H and O–H groups in total. The molecule has 178 valence electrons. The van der Waals surface area contributed by atoms with Crippen molar-refractivity contribution < 1.29 is 23.8 Å². The van der Waals surface area contributed by atoms with Crippen molar-refractivity contribution in [1.29, 1.82) is 0 Å². The molecule has 0 aliphatic carbocycles. The van der Waals surface area contributed by atoms with E-state index in [2.05, 4.69) is 16.0 Å². The molecule has 2 amide bonds. The van der Waals surface area contributed by atoms with E-state index < -0.39 is 0 Å². The predicted octanol–water partition coefficient (Wildman–Crippen LogP) is 0.0169. The summed E-state index contributed by atoms with van der Waals surface area (Å²) in [7, 11) is 0. The predicted molar refractivity (Wildman–Crippen MR) is 122 cm³/mol. The highest BCUT2D eigenvalue weighted by atomic mass is 16.5. The van der Waals surface area contributed by atoms with Gasteiger partial charge >= 0.3 is 0 Å². The highest BCUT2D eigenvalue weighted by Crippen LogP contribution is 2.25. The number of amides is 2. The van der Waals surface area contributed by atoms with E-state index in [0.717, 1.165) is 11.3 Å². The van der Waals surface area contributed by atoms with Gasteiger partial charge in [-0.05, 0) is 24.1 Å². The van der Waals surface area contributed by atoms with Gasteiger partial charge < -0.3 is 36.3 Å². The summed E-state index contributed by atoms with van der Waals surface area (Å²) >= 11 is 0. The molecule has 0 radical (unpaired) electrons. The number of hydrogen-bond acceptors (Lipinski definition) is 9. The Kier molecular flexibility index (Phi) is 12.2. The average molecular weight is 450 g/mol. The number of nitrogens with one attached hydrogen (secondary N) is 3. The van der Waals surface area contributed by atoms with Crippen LogP contribution in [0.2, 0.25) is 0 Å². The maximum absolute atomic E-state index is 11.9. The van der Waals surface area contributed by atoms with E-state index in [1.807, 2.05) is 24.3 Å². The molecule has 32 heavy (non-hydrogen) atoms. The quantitative estimate of drug-likeness (QED) is 0.174. The number of hydrogen-bond donors (Lipinski definition) is 5. The molecule has 1 unspecified atom stereocenters. The van der Waals surface area contributed by atoms with Crippen LogP contribution in [0.4, 0.5) is 5.69 Å². The van der Waals surface area contributed by atoms with Gasteiger partial charge in [0.1, 0.15) is 0 Å². The second-order valence-corrected chi connectivity index (χ2v) is 7.29. The first-order valence-corrected chi connectivity index (χ1v) is 10.9. The third kappa shape index (κ3) is 10.1. The average Bonchev–Trinajstić information content (AvgIpc) is 2.78. The number of rotatable bonds is 16. The SMILES string of the molecule is NCCOC/C(N)=C/NCCOCCOCCNc1ccc(C2CCC(=O)NC2=O)cc1. The topological polar surface area (TPSA) is 150 Å². The van der Waals surface area contributed by atoms with Crippen LogP contribution in [-0.2, 0) is 23.8 Å². The number of nitrogens with two attached hydrogens (primary N) is 2. The van der Waals surface area contributed by atoms with Crippen LogP contribution in [0.25, 0.3) is 0 Å². The van der Waals surface area contributed by atoms with E-state index in [1.165, 1.54) is 0 Å². The Balaban J connectivity index is 1.46. The van der Waals surface area contributed by atoms with E-state index in [4.69, 9.17) is 25.7 Å². The molecule has 1 aliphatic heterocycles. The summed E-state index contributed by atoms with van der Waals surface area (Å²) in [6.45, 7) is 4.77. The van der Waals surface area contributed by atoms with Crippen LogP contribution in [-0.4, -0.2) is 71.1 Å². The number of anilines is 1. The fourth-order valence-corrected chi connectivity index (χ4v) is 3.08. The Bertz CT molecular complexity index is 726. The number of imide groups is 1. The van der Waals surface area contributed by atoms with Crippen molar-refractivity contribution in [1.82, 2.24) is 10.6 Å². The zero-order valence-corrected chi connectivity index (χ0v) is 18.4. The number of benzene rings is 1. The van der Waals surface area contributed by atoms with Crippen LogP contribution >= 0.6 is 0 Å². The minimum absolute atomic E-state index is 0.200. The van der Waals surface area contributed by atoms with Gasteiger partial charge in [-0.25, -0.2) is 0 Å². The Labute approximate surface area is 189 Å². The smallest absolute Gasteiger partial charge is 0.234 e. The van der Waals surface area contributed by atoms with Crippen molar-refractivity contribution in [2.45, 2.75) is 18.8 Å². The van der Waals surface area contributed by atoms with Crippen LogP contribution in [0.1, 0.15) is 24.3 Å². The first-order valence-electron chi connectivity index (χ1n) is 10.9. The molecule has 2 rings (SSSR count). The summed E-state index contributed by atoms with van der Waals surface area (Å²) in [6.07, 6.45) is 2.64. The van der Waals surface area contributed by atoms with E-state index in [0.29, 0.717) is 77.8 Å². The summed E-state index contributed by atoms with van der Waals surface area (Å²) in [4.78, 5) is 23.2. The Morgan fingerprint density at radius 2 is 1.75 bits per heavy atom. The molecular weight excluding hydrogens is 414 g/mol. The molecular formula is C22H35N5O5. The molecule has 10 heteroatoms. The van der Waals surface area contributed by atoms with Crippen molar-refractivity contribution in [3.05, 3.63) is 41.7 Å². The lowest BCUT2D eigenvalue weighted by molar-refractivity contribution is -0.134. The van der Waals surface area contributed by atoms with Gasteiger partial charge in [0.05, 0.1) is 51.3 Å². The van der Waals surface area contributed by atoms with E-state index >= 15 is 0 Å². The molecule has 0 spiro atoms. The van der Waals surface area contributed by atoms with E-state index in [-0.39, 0.29) is 17.7 Å². The maximum Gasteiger partial charge on any atom is 0.234 e. The number of carbonyl (C=O) groups excluding carboxylic acids is 2. The van der Waals surface area contributed by atoms with Crippen LogP contribution in [0.3, 0.4) is 0 Å². The van der Waals surface area contributed by atoms with Crippen LogP contribution in [0.15, 0.2) is 36.2 Å². The molecule has 1 aromatic rings. The number of ether oxygens (including phenoxy) is 3. The van der Waals surface area contributed by atoms with Gasteiger partial charge in [-0.1, -0.05) is 12.1 Å². The van der Waals surface area contributed by atoms with Crippen molar-refractivity contribution >= 4 is 17.5 Å². The molecule has 1 aliphatic rings. The molecule has 1 aromatic carbocycles. The first kappa shape index (κ1) is 25.6. The molecule has 0 aromatic heterocycles. The maximum atomic E-state index is 11.9. The number of piperidine rings is 1. The minimum atomic E-state index is -0.260. The fourth-order valence-electron chi connectivity index (χ4n) is 3.08. The molecule has 0 saturated carbocycles. The van der Waals surface area contributed by atoms with Gasteiger partial charge in [0.2, 0.25) is 11.8 Å². The van der Waals surface area contributed by atoms with Crippen molar-refractivity contribution in [3.8, 4) is 0 Å². The largest absolute Gasteiger partial charge is 0.399 e. The lowest BCUT2D eigenvalue weighted by Crippen LogP contribution is -2.39. The minimum Gasteiger partial charge on any atom is -0.399 e. The summed E-state index contributed by atoms with van der Waals surface area (Å²) < 4.78 is 16.2. The fraction of sp³-hybridized carbons (Fsp3) is 0.545. The van der Waals surface area contributed by atoms with Gasteiger partial charge in [-0.2, -0.15) is 0 Å². The third-order valence-electron chi connectivity index (χ3n) is 4.71. The normalized spacial score (nSPS) is 16.7. The lowest BCUT2D eigenvalue weighted by atomic mass is 9.90. The third-order valence-corrected chi connectivity index (χ3v) is 4.71. The monoisotopic (exact) mass is 449 g/mol. The highest BCUT2D eigenvalue weighted by Gasteiger charge is 2.27. The summed E-state index contributed by atoms with van der Waals surface area (Å²) in [5.41, 5.74) is 13.6. The highest BCUT2D eigenvalue weighted by molar-refractivity contribution is 6.00. The van der Waals surface area contributed by atoms with Gasteiger partial charge in [0, 0.05) is 37.9 Å². The summed E-state index contributed by atoms with van der Waals surface area (Å²) in [6, 6.07) is 7.70. The Morgan fingerprint density at radius 3 is 2.44 bits per heavy atom. The lowest BCUT2D eigenvalue weighted by Gasteiger charge is -2.21. The zero-order chi connectivity index (χ0) is 23.0. The summed E-state index contributed by atoms with van der Waals surface area (Å²) in [5, 5.41) is 8.72. The molecule has 1 heterocycles. The summed E-state index contributed by atoms with van der Waals surface area (Å²) in [5.74, 6) is -0.680. The number of carbonyl (C=O) groups is 2. The van der Waals surface area contributed by atoms with Crippen molar-refractivity contribution in [2.75, 3.05) is 64.6 Å². The Hall–Kier alpha value is -2.66. The standard InChI is InChI=1S/C22H35N5O5/c23-7-10-32-16-18(24)15-25-8-11-30-13-14-31-12-9-26-19-3-1-17(2-4-19)20-5-6-21(28)27-22(20)29/h1-4,15,20,25-26H,5-14,16,23-24H2,(H,27,28,29)/b18-15-. The molecule has 1 fully saturated rings. The van der Waals surface area contributed by atoms with Crippen molar-refractivity contribution in [2.24, 2.45) is 11.5 Å². The Morgan fingerprint density at radius 1 is 1.03 bits per heavy atom. The van der Waals surface area contributed by atoms with Gasteiger partial charge in [-0.15, -0.1) is 0 Å². The van der Waals surface area contributed by atoms with Gasteiger partial charge in [-0.3, -0.25) is 14.9 Å². The zero-order valence-electron chi connectivity index (χ0n) is 18.4. The van der Waals surface area contributed by atoms with E-state index in [1.54, 1.807) is 6.20 Å². The molecule has 1 atom stereocenters. The van der Waals surface area contributed by atoms with Crippen molar-refractivity contribution in [3.63, 3.8) is 0 Å². The van der Waals surface area contributed by atoms with Crippen LogP contribution in [0.5, 0.6) is 0 Å².